The summed E-state index contributed by atoms with van der Waals surface area (Å²) in [6.07, 6.45) is 3.64. The summed E-state index contributed by atoms with van der Waals surface area (Å²) >= 11 is 8.50. The molecule has 0 radical (unpaired) electrons. The van der Waals surface area contributed by atoms with Gasteiger partial charge >= 0.3 is 0 Å². The molecule has 0 aliphatic carbocycles. The molecule has 0 fully saturated rings. The Bertz CT molecular complexity index is 570. The van der Waals surface area contributed by atoms with Crippen LogP contribution < -0.4 is 10.6 Å². The van der Waals surface area contributed by atoms with E-state index < -0.39 is 0 Å². The monoisotopic (exact) mass is 356 g/mol. The van der Waals surface area contributed by atoms with Crippen LogP contribution in [0.1, 0.15) is 5.56 Å². The molecule has 0 amide bonds. The zero-order chi connectivity index (χ0) is 14.4. The van der Waals surface area contributed by atoms with Crippen LogP contribution in [-0.4, -0.2) is 21.4 Å². The first-order chi connectivity index (χ1) is 9.63. The van der Waals surface area contributed by atoms with E-state index in [1.54, 1.807) is 18.3 Å². The molecule has 0 saturated heterocycles. The number of nitrogens with zero attached hydrogens (tertiary/aromatic N) is 2. The van der Waals surface area contributed by atoms with Crippen LogP contribution in [0.15, 0.2) is 41.1 Å². The number of rotatable bonds is 5. The average Bonchev–Trinajstić information content (AvgIpc) is 2.84. The van der Waals surface area contributed by atoms with Crippen molar-refractivity contribution in [2.75, 3.05) is 6.54 Å². The molecule has 1 aromatic carbocycles. The van der Waals surface area contributed by atoms with Crippen LogP contribution in [0.5, 0.6) is 0 Å². The quantitative estimate of drug-likeness (QED) is 0.807. The Morgan fingerprint density at radius 3 is 2.70 bits per heavy atom. The molecular weight excluding hydrogens is 343 g/mol. The average molecular weight is 357 g/mol. The minimum atomic E-state index is -0.236. The van der Waals surface area contributed by atoms with Gasteiger partial charge in [-0.25, -0.2) is 4.39 Å². The molecule has 0 aliphatic heterocycles. The van der Waals surface area contributed by atoms with E-state index in [0.29, 0.717) is 18.2 Å². The lowest BCUT2D eigenvalue weighted by molar-refractivity contribution is 0.600. The van der Waals surface area contributed by atoms with Crippen molar-refractivity contribution in [3.05, 3.63) is 52.5 Å². The summed E-state index contributed by atoms with van der Waals surface area (Å²) in [5, 5.41) is 10.9. The van der Waals surface area contributed by atoms with Gasteiger partial charge in [-0.1, -0.05) is 12.1 Å². The SMILES string of the molecule is Fc1ccc(CNC(=S)NCCn2cc(Br)cn2)cc1. The van der Waals surface area contributed by atoms with Crippen LogP contribution in [0.4, 0.5) is 4.39 Å². The second-order valence-electron chi connectivity index (χ2n) is 4.16. The van der Waals surface area contributed by atoms with Crippen LogP contribution in [0.2, 0.25) is 0 Å². The van der Waals surface area contributed by atoms with Gasteiger partial charge in [-0.2, -0.15) is 5.10 Å². The van der Waals surface area contributed by atoms with Gasteiger partial charge in [-0.3, -0.25) is 4.68 Å². The summed E-state index contributed by atoms with van der Waals surface area (Å²) in [6, 6.07) is 6.32. The Morgan fingerprint density at radius 1 is 1.30 bits per heavy atom. The third-order valence-corrected chi connectivity index (χ3v) is 3.29. The van der Waals surface area contributed by atoms with Crippen LogP contribution in [-0.2, 0) is 13.1 Å². The molecule has 0 bridgehead atoms. The Kier molecular flexibility index (Phi) is 5.49. The first kappa shape index (κ1) is 14.9. The maximum atomic E-state index is 12.7. The zero-order valence-corrected chi connectivity index (χ0v) is 13.0. The molecule has 1 heterocycles. The van der Waals surface area contributed by atoms with Crippen molar-refractivity contribution in [3.8, 4) is 0 Å². The van der Waals surface area contributed by atoms with Crippen molar-refractivity contribution in [2.45, 2.75) is 13.1 Å². The van der Waals surface area contributed by atoms with Gasteiger partial charge in [0, 0.05) is 19.3 Å². The van der Waals surface area contributed by atoms with E-state index in [2.05, 4.69) is 31.7 Å². The molecule has 1 aromatic heterocycles. The molecule has 0 spiro atoms. The largest absolute Gasteiger partial charge is 0.361 e. The van der Waals surface area contributed by atoms with Gasteiger partial charge in [-0.15, -0.1) is 0 Å². The van der Waals surface area contributed by atoms with Crippen molar-refractivity contribution >= 4 is 33.3 Å². The number of aromatic nitrogens is 2. The number of nitrogens with one attached hydrogen (secondary N) is 2. The first-order valence-corrected chi connectivity index (χ1v) is 7.28. The predicted octanol–water partition coefficient (Wildman–Crippen LogP) is 2.45. The molecule has 0 aliphatic rings. The molecule has 0 atom stereocenters. The number of hydrogen-bond donors (Lipinski definition) is 2. The number of thiocarbonyl (C=S) groups is 1. The predicted molar refractivity (Wildman–Crippen MR) is 83.8 cm³/mol. The molecule has 2 aromatic rings. The van der Waals surface area contributed by atoms with Crippen LogP contribution in [0.25, 0.3) is 0 Å². The van der Waals surface area contributed by atoms with E-state index in [1.165, 1.54) is 12.1 Å². The Labute approximate surface area is 130 Å². The van der Waals surface area contributed by atoms with E-state index >= 15 is 0 Å². The van der Waals surface area contributed by atoms with Crippen molar-refractivity contribution in [3.63, 3.8) is 0 Å². The van der Waals surface area contributed by atoms with Crippen molar-refractivity contribution in [2.24, 2.45) is 0 Å². The lowest BCUT2D eigenvalue weighted by Crippen LogP contribution is -2.36. The van der Waals surface area contributed by atoms with Crippen molar-refractivity contribution < 1.29 is 4.39 Å². The summed E-state index contributed by atoms with van der Waals surface area (Å²) in [5.74, 6) is -0.236. The molecule has 2 N–H and O–H groups in total. The molecular formula is C13H14BrFN4S. The Balaban J connectivity index is 1.66. The Morgan fingerprint density at radius 2 is 2.05 bits per heavy atom. The third kappa shape index (κ3) is 4.90. The molecule has 106 valence electrons. The van der Waals surface area contributed by atoms with Crippen LogP contribution >= 0.6 is 28.1 Å². The van der Waals surface area contributed by atoms with Gasteiger partial charge in [0.05, 0.1) is 17.2 Å². The van der Waals surface area contributed by atoms with E-state index in [1.807, 2.05) is 10.9 Å². The number of hydrogen-bond acceptors (Lipinski definition) is 2. The fourth-order valence-corrected chi connectivity index (χ4v) is 2.09. The normalized spacial score (nSPS) is 10.3. The molecule has 2 rings (SSSR count). The maximum absolute atomic E-state index is 12.7. The first-order valence-electron chi connectivity index (χ1n) is 6.07. The fraction of sp³-hybridized carbons (Fsp3) is 0.231. The zero-order valence-electron chi connectivity index (χ0n) is 10.6. The maximum Gasteiger partial charge on any atom is 0.166 e. The lowest BCUT2D eigenvalue weighted by Gasteiger charge is -2.10. The fourth-order valence-electron chi connectivity index (χ4n) is 1.59. The summed E-state index contributed by atoms with van der Waals surface area (Å²) in [4.78, 5) is 0. The van der Waals surface area contributed by atoms with Gasteiger partial charge in [0.15, 0.2) is 5.11 Å². The second kappa shape index (κ2) is 7.35. The molecule has 20 heavy (non-hydrogen) atoms. The van der Waals surface area contributed by atoms with Gasteiger partial charge in [0.1, 0.15) is 5.82 Å². The minimum absolute atomic E-state index is 0.236. The van der Waals surface area contributed by atoms with Crippen molar-refractivity contribution in [1.29, 1.82) is 0 Å². The lowest BCUT2D eigenvalue weighted by atomic mass is 10.2. The van der Waals surface area contributed by atoms with E-state index in [4.69, 9.17) is 12.2 Å². The van der Waals surface area contributed by atoms with Gasteiger partial charge in [0.2, 0.25) is 0 Å². The summed E-state index contributed by atoms with van der Waals surface area (Å²) in [6.45, 7) is 1.98. The third-order valence-electron chi connectivity index (χ3n) is 2.59. The van der Waals surface area contributed by atoms with Crippen LogP contribution in [0.3, 0.4) is 0 Å². The van der Waals surface area contributed by atoms with E-state index in [9.17, 15) is 4.39 Å². The summed E-state index contributed by atoms with van der Waals surface area (Å²) in [7, 11) is 0. The summed E-state index contributed by atoms with van der Waals surface area (Å²) < 4.78 is 15.5. The molecule has 7 heteroatoms. The van der Waals surface area contributed by atoms with Crippen molar-refractivity contribution in [1.82, 2.24) is 20.4 Å². The number of halogens is 2. The minimum Gasteiger partial charge on any atom is -0.361 e. The van der Waals surface area contributed by atoms with E-state index in [-0.39, 0.29) is 5.82 Å². The van der Waals surface area contributed by atoms with E-state index in [0.717, 1.165) is 16.6 Å². The number of benzene rings is 1. The molecule has 0 unspecified atom stereocenters. The highest BCUT2D eigenvalue weighted by Crippen LogP contribution is 2.05. The Hall–Kier alpha value is -1.47. The molecule has 0 saturated carbocycles. The van der Waals surface area contributed by atoms with Crippen LogP contribution in [0, 0.1) is 5.82 Å². The highest BCUT2D eigenvalue weighted by molar-refractivity contribution is 9.10. The second-order valence-corrected chi connectivity index (χ2v) is 5.48. The topological polar surface area (TPSA) is 41.9 Å². The standard InChI is InChI=1S/C13H14BrFN4S/c14-11-8-18-19(9-11)6-5-16-13(20)17-7-10-1-3-12(15)4-2-10/h1-4,8-9H,5-7H2,(H2,16,17,20). The smallest absolute Gasteiger partial charge is 0.166 e. The summed E-state index contributed by atoms with van der Waals surface area (Å²) in [5.41, 5.74) is 0.978. The van der Waals surface area contributed by atoms with Gasteiger partial charge < -0.3 is 10.6 Å². The molecule has 4 nitrogen and oxygen atoms in total. The highest BCUT2D eigenvalue weighted by Gasteiger charge is 1.98. The van der Waals surface area contributed by atoms with Gasteiger partial charge in [0.25, 0.3) is 0 Å². The van der Waals surface area contributed by atoms with Gasteiger partial charge in [-0.05, 0) is 45.8 Å². The highest BCUT2D eigenvalue weighted by atomic mass is 79.9.